The molecule has 0 bridgehead atoms. The lowest BCUT2D eigenvalue weighted by Crippen LogP contribution is -2.57. The minimum Gasteiger partial charge on any atom is -0.351 e. The van der Waals surface area contributed by atoms with Crippen molar-refractivity contribution in [2.24, 2.45) is 5.73 Å². The number of carbonyl (C=O) groups excluding carboxylic acids is 3. The summed E-state index contributed by atoms with van der Waals surface area (Å²) >= 11 is 5.94. The number of carbonyl (C=O) groups is 3. The van der Waals surface area contributed by atoms with Crippen molar-refractivity contribution in [2.45, 2.75) is 24.8 Å². The molecule has 2 aliphatic rings. The maximum absolute atomic E-state index is 13.7. The van der Waals surface area contributed by atoms with Gasteiger partial charge in [-0.1, -0.05) is 41.9 Å². The molecule has 185 valence electrons. The maximum atomic E-state index is 13.7. The van der Waals surface area contributed by atoms with Crippen LogP contribution in [0.4, 0.5) is 10.5 Å². The van der Waals surface area contributed by atoms with E-state index in [1.165, 1.54) is 4.90 Å². The van der Waals surface area contributed by atoms with Crippen LogP contribution in [0.1, 0.15) is 18.4 Å². The van der Waals surface area contributed by atoms with Crippen molar-refractivity contribution in [3.8, 4) is 0 Å². The average Bonchev–Trinajstić information content (AvgIpc) is 3.13. The number of halogens is 1. The first-order valence-corrected chi connectivity index (χ1v) is 12.2. The molecule has 8 nitrogen and oxygen atoms in total. The lowest BCUT2D eigenvalue weighted by molar-refractivity contribution is -0.137. The van der Waals surface area contributed by atoms with Gasteiger partial charge in [0.05, 0.1) is 13.1 Å². The number of benzene rings is 2. The molecule has 2 fully saturated rings. The van der Waals surface area contributed by atoms with Gasteiger partial charge in [0.25, 0.3) is 0 Å². The molecule has 0 unspecified atom stereocenters. The Bertz CT molecular complexity index is 1050. The zero-order chi connectivity index (χ0) is 25.0. The Morgan fingerprint density at radius 1 is 1.09 bits per heavy atom. The first kappa shape index (κ1) is 24.9. The Labute approximate surface area is 211 Å². The summed E-state index contributed by atoms with van der Waals surface area (Å²) in [6.45, 7) is 2.21. The van der Waals surface area contributed by atoms with Crippen LogP contribution >= 0.6 is 11.6 Å². The molecule has 2 saturated heterocycles. The van der Waals surface area contributed by atoms with Crippen LogP contribution < -0.4 is 10.6 Å². The van der Waals surface area contributed by atoms with Crippen molar-refractivity contribution in [3.05, 3.63) is 71.6 Å². The minimum absolute atomic E-state index is 0.0218. The molecule has 2 N–H and O–H groups in total. The van der Waals surface area contributed by atoms with Gasteiger partial charge in [0, 0.05) is 43.9 Å². The number of likely N-dealkylation sites (tertiary alicyclic amines) is 1. The zero-order valence-corrected chi connectivity index (χ0v) is 20.7. The number of para-hydroxylation sites is 1. The third-order valence-electron chi connectivity index (χ3n) is 6.99. The Morgan fingerprint density at radius 2 is 1.74 bits per heavy atom. The number of urea groups is 1. The van der Waals surface area contributed by atoms with Gasteiger partial charge in [-0.15, -0.1) is 0 Å². The van der Waals surface area contributed by atoms with Crippen molar-refractivity contribution in [2.75, 3.05) is 44.8 Å². The third kappa shape index (κ3) is 5.37. The van der Waals surface area contributed by atoms with Gasteiger partial charge < -0.3 is 25.3 Å². The van der Waals surface area contributed by atoms with Crippen LogP contribution in [-0.4, -0.2) is 78.0 Å². The number of amides is 4. The van der Waals surface area contributed by atoms with Gasteiger partial charge in [-0.2, -0.15) is 0 Å². The Morgan fingerprint density at radius 3 is 2.37 bits per heavy atom. The van der Waals surface area contributed by atoms with E-state index in [4.69, 9.17) is 17.3 Å². The zero-order valence-electron chi connectivity index (χ0n) is 19.9. The topological polar surface area (TPSA) is 90.2 Å². The highest BCUT2D eigenvalue weighted by Gasteiger charge is 2.53. The van der Waals surface area contributed by atoms with E-state index in [0.717, 1.165) is 11.3 Å². The van der Waals surface area contributed by atoms with Crippen LogP contribution in [0.15, 0.2) is 54.6 Å². The van der Waals surface area contributed by atoms with E-state index in [2.05, 4.69) is 4.90 Å². The largest absolute Gasteiger partial charge is 0.351 e. The van der Waals surface area contributed by atoms with Gasteiger partial charge in [-0.25, -0.2) is 4.79 Å². The number of nitrogens with zero attached hydrogens (tertiary/aromatic N) is 4. The predicted octanol–water partition coefficient (Wildman–Crippen LogP) is 2.76. The van der Waals surface area contributed by atoms with Crippen molar-refractivity contribution in [3.63, 3.8) is 0 Å². The summed E-state index contributed by atoms with van der Waals surface area (Å²) in [6, 6.07) is 16.8. The normalized spacial score (nSPS) is 17.2. The molecule has 0 atom stereocenters. The minimum atomic E-state index is -0.709. The second-order valence-corrected chi connectivity index (χ2v) is 9.56. The summed E-state index contributed by atoms with van der Waals surface area (Å²) in [7, 11) is 1.62. The standard InChI is InChI=1S/C26H31ClN5O3/c1-29(25(28)35)17-18-31-19-32(22-5-3-2-4-6-22)26(24(31)34)13-15-30(16-14-26)23(33)12-9-20-7-10-21(27)11-8-20/h2-8,10-12H,9,13-19H2,1H3,(H2,28,35). The maximum Gasteiger partial charge on any atom is 0.314 e. The summed E-state index contributed by atoms with van der Waals surface area (Å²) in [5.41, 5.74) is 6.64. The number of hydrogen-bond donors (Lipinski definition) is 1. The molecular formula is C26H31ClN5O3. The van der Waals surface area contributed by atoms with Gasteiger partial charge in [0.15, 0.2) is 0 Å². The number of piperidine rings is 1. The number of rotatable bonds is 7. The van der Waals surface area contributed by atoms with Crippen LogP contribution in [0.3, 0.4) is 0 Å². The number of likely N-dealkylation sites (N-methyl/N-ethyl adjacent to an activating group) is 1. The molecule has 2 heterocycles. The van der Waals surface area contributed by atoms with Gasteiger partial charge in [0.1, 0.15) is 5.54 Å². The van der Waals surface area contributed by atoms with Crippen LogP contribution in [0.2, 0.25) is 5.02 Å². The van der Waals surface area contributed by atoms with E-state index in [9.17, 15) is 14.4 Å². The molecule has 1 spiro atoms. The fourth-order valence-corrected chi connectivity index (χ4v) is 4.93. The monoisotopic (exact) mass is 496 g/mol. The summed E-state index contributed by atoms with van der Waals surface area (Å²) in [4.78, 5) is 45.1. The summed E-state index contributed by atoms with van der Waals surface area (Å²) in [6.07, 6.45) is 3.32. The molecule has 0 aliphatic carbocycles. The molecule has 4 amide bonds. The van der Waals surface area contributed by atoms with Crippen molar-refractivity contribution in [1.29, 1.82) is 0 Å². The highest BCUT2D eigenvalue weighted by atomic mass is 35.5. The molecule has 4 rings (SSSR count). The second-order valence-electron chi connectivity index (χ2n) is 9.12. The highest BCUT2D eigenvalue weighted by Crippen LogP contribution is 2.39. The van der Waals surface area contributed by atoms with Gasteiger partial charge in [0.2, 0.25) is 11.8 Å². The predicted molar refractivity (Wildman–Crippen MR) is 136 cm³/mol. The lowest BCUT2D eigenvalue weighted by Gasteiger charge is -2.43. The number of primary amides is 1. The van der Waals surface area contributed by atoms with E-state index < -0.39 is 11.6 Å². The molecular weight excluding hydrogens is 466 g/mol. The Balaban J connectivity index is 1.43. The quantitative estimate of drug-likeness (QED) is 0.638. The second kappa shape index (κ2) is 10.6. The smallest absolute Gasteiger partial charge is 0.314 e. The first-order chi connectivity index (χ1) is 16.8. The SMILES string of the molecule is CN(CCN1CN(c2ccccc2)C2(CCN(C(=O)[CH]Cc3ccc(Cl)cc3)CC2)C1=O)C(N)=O. The summed E-state index contributed by atoms with van der Waals surface area (Å²) in [5, 5.41) is 0.668. The molecule has 2 aromatic rings. The van der Waals surface area contributed by atoms with E-state index in [1.54, 1.807) is 18.4 Å². The fraction of sp³-hybridized carbons (Fsp3) is 0.385. The number of anilines is 1. The van der Waals surface area contributed by atoms with E-state index >= 15 is 0 Å². The number of nitrogens with two attached hydrogens (primary N) is 1. The van der Waals surface area contributed by atoms with Crippen molar-refractivity contribution >= 4 is 35.1 Å². The fourth-order valence-electron chi connectivity index (χ4n) is 4.81. The molecule has 2 aliphatic heterocycles. The molecule has 35 heavy (non-hydrogen) atoms. The van der Waals surface area contributed by atoms with Gasteiger partial charge in [-0.05, 0) is 49.1 Å². The number of hydrogen-bond acceptors (Lipinski definition) is 4. The lowest BCUT2D eigenvalue weighted by atomic mass is 9.85. The summed E-state index contributed by atoms with van der Waals surface area (Å²) in [5.74, 6) is 0.0166. The average molecular weight is 497 g/mol. The van der Waals surface area contributed by atoms with Crippen LogP contribution in [0.5, 0.6) is 0 Å². The van der Waals surface area contributed by atoms with Gasteiger partial charge in [-0.3, -0.25) is 9.59 Å². The Hall–Kier alpha value is -3.26. The van der Waals surface area contributed by atoms with E-state index in [0.29, 0.717) is 57.1 Å². The van der Waals surface area contributed by atoms with E-state index in [-0.39, 0.29) is 11.8 Å². The third-order valence-corrected chi connectivity index (χ3v) is 7.24. The van der Waals surface area contributed by atoms with Crippen LogP contribution in [0.25, 0.3) is 0 Å². The van der Waals surface area contributed by atoms with Crippen LogP contribution in [0, 0.1) is 6.42 Å². The highest BCUT2D eigenvalue weighted by molar-refractivity contribution is 6.30. The van der Waals surface area contributed by atoms with Crippen molar-refractivity contribution in [1.82, 2.24) is 14.7 Å². The van der Waals surface area contributed by atoms with E-state index in [1.807, 2.05) is 59.5 Å². The first-order valence-electron chi connectivity index (χ1n) is 11.8. The molecule has 0 saturated carbocycles. The summed E-state index contributed by atoms with van der Waals surface area (Å²) < 4.78 is 0. The van der Waals surface area contributed by atoms with Crippen LogP contribution in [-0.2, 0) is 16.0 Å². The molecule has 1 radical (unpaired) electrons. The molecule has 9 heteroatoms. The van der Waals surface area contributed by atoms with Crippen molar-refractivity contribution < 1.29 is 14.4 Å². The Kier molecular flexibility index (Phi) is 7.50. The van der Waals surface area contributed by atoms with Gasteiger partial charge >= 0.3 is 6.03 Å². The molecule has 2 aromatic carbocycles. The molecule has 0 aromatic heterocycles.